The Morgan fingerprint density at radius 3 is 2.24 bits per heavy atom. The van der Waals surface area contributed by atoms with Gasteiger partial charge in [0.05, 0.1) is 11.1 Å². The Bertz CT molecular complexity index is 550. The van der Waals surface area contributed by atoms with E-state index in [0.29, 0.717) is 0 Å². The first kappa shape index (κ1) is 16.2. The summed E-state index contributed by atoms with van der Waals surface area (Å²) in [5, 5.41) is 12.3. The van der Waals surface area contributed by atoms with E-state index >= 15 is 0 Å². The number of hydrogen-bond acceptors (Lipinski definition) is 3. The van der Waals surface area contributed by atoms with E-state index in [4.69, 9.17) is 0 Å². The quantitative estimate of drug-likeness (QED) is 0.868. The zero-order valence-corrected chi connectivity index (χ0v) is 14.4. The molecule has 3 nitrogen and oxygen atoms in total. The fourth-order valence-corrected chi connectivity index (χ4v) is 3.48. The highest BCUT2D eigenvalue weighted by Gasteiger charge is 2.51. The number of hydrogen-bond donors (Lipinski definition) is 1. The van der Waals surface area contributed by atoms with Crippen LogP contribution in [0.1, 0.15) is 60.5 Å². The maximum Gasteiger partial charge on any atom is 0.0668 e. The third kappa shape index (κ3) is 2.77. The van der Waals surface area contributed by atoms with Gasteiger partial charge in [-0.1, -0.05) is 26.8 Å². The summed E-state index contributed by atoms with van der Waals surface area (Å²) >= 11 is 0. The molecule has 1 aromatic rings. The van der Waals surface area contributed by atoms with Gasteiger partial charge in [-0.15, -0.1) is 0 Å². The minimum absolute atomic E-state index is 0.168. The predicted octanol–water partition coefficient (Wildman–Crippen LogP) is 4.53. The van der Waals surface area contributed by atoms with E-state index in [1.807, 2.05) is 12.3 Å². The first-order valence-corrected chi connectivity index (χ1v) is 7.61. The minimum Gasteiger partial charge on any atom is -0.312 e. The van der Waals surface area contributed by atoms with E-state index in [1.54, 1.807) is 6.20 Å². The SMILES string of the molecule is CC(C)(C)CC1=C(c2cccnc2)C(C)(C)N(O)C1(C)C. The van der Waals surface area contributed by atoms with Crippen molar-refractivity contribution in [3.63, 3.8) is 0 Å². The normalized spacial score (nSPS) is 21.9. The van der Waals surface area contributed by atoms with Crippen LogP contribution in [0, 0.1) is 5.41 Å². The maximum atomic E-state index is 10.8. The summed E-state index contributed by atoms with van der Waals surface area (Å²) in [6.07, 6.45) is 4.64. The Labute approximate surface area is 128 Å². The van der Waals surface area contributed by atoms with E-state index in [2.05, 4.69) is 59.5 Å². The molecule has 1 aliphatic rings. The highest BCUT2D eigenvalue weighted by molar-refractivity contribution is 5.79. The van der Waals surface area contributed by atoms with Crippen molar-refractivity contribution in [1.82, 2.24) is 10.0 Å². The van der Waals surface area contributed by atoms with Crippen LogP contribution in [0.15, 0.2) is 30.1 Å². The molecule has 21 heavy (non-hydrogen) atoms. The van der Waals surface area contributed by atoms with Gasteiger partial charge < -0.3 is 5.21 Å². The van der Waals surface area contributed by atoms with Crippen molar-refractivity contribution >= 4 is 5.57 Å². The molecule has 2 heterocycles. The smallest absolute Gasteiger partial charge is 0.0668 e. The molecule has 0 spiro atoms. The largest absolute Gasteiger partial charge is 0.312 e. The molecule has 1 aromatic heterocycles. The molecule has 1 aliphatic heterocycles. The lowest BCUT2D eigenvalue weighted by Crippen LogP contribution is -2.48. The molecule has 0 aliphatic carbocycles. The number of rotatable bonds is 2. The van der Waals surface area contributed by atoms with Crippen LogP contribution in [0.25, 0.3) is 5.57 Å². The Balaban J connectivity index is 2.68. The standard InChI is InChI=1S/C18H28N2O/c1-16(2,3)11-14-15(13-9-8-10-19-12-13)18(6,7)20(21)17(14,4)5/h8-10,12,21H,11H2,1-7H3. The Morgan fingerprint density at radius 1 is 1.14 bits per heavy atom. The van der Waals surface area contributed by atoms with E-state index in [9.17, 15) is 5.21 Å². The highest BCUT2D eigenvalue weighted by Crippen LogP contribution is 2.51. The van der Waals surface area contributed by atoms with Crippen LogP contribution in [0.4, 0.5) is 0 Å². The molecular weight excluding hydrogens is 260 g/mol. The van der Waals surface area contributed by atoms with E-state index in [1.165, 1.54) is 16.2 Å². The van der Waals surface area contributed by atoms with Crippen LogP contribution in [-0.4, -0.2) is 26.3 Å². The lowest BCUT2D eigenvalue weighted by molar-refractivity contribution is -0.183. The fraction of sp³-hybridized carbons (Fsp3) is 0.611. The van der Waals surface area contributed by atoms with Crippen LogP contribution >= 0.6 is 0 Å². The number of nitrogens with zero attached hydrogens (tertiary/aromatic N) is 2. The van der Waals surface area contributed by atoms with Gasteiger partial charge in [0.2, 0.25) is 0 Å². The van der Waals surface area contributed by atoms with E-state index in [-0.39, 0.29) is 11.0 Å². The highest BCUT2D eigenvalue weighted by atomic mass is 16.5. The summed E-state index contributed by atoms with van der Waals surface area (Å²) < 4.78 is 0. The summed E-state index contributed by atoms with van der Waals surface area (Å²) in [6.45, 7) is 15.1. The molecule has 0 unspecified atom stereocenters. The maximum absolute atomic E-state index is 10.8. The van der Waals surface area contributed by atoms with Gasteiger partial charge in [-0.05, 0) is 62.3 Å². The molecular formula is C18H28N2O. The summed E-state index contributed by atoms with van der Waals surface area (Å²) in [5.41, 5.74) is 2.98. The Kier molecular flexibility index (Phi) is 3.79. The van der Waals surface area contributed by atoms with Crippen LogP contribution in [0.5, 0.6) is 0 Å². The van der Waals surface area contributed by atoms with Crippen LogP contribution in [0.3, 0.4) is 0 Å². The number of hydroxylamine groups is 2. The van der Waals surface area contributed by atoms with Gasteiger partial charge in [0.25, 0.3) is 0 Å². The second-order valence-electron chi connectivity index (χ2n) is 8.26. The monoisotopic (exact) mass is 288 g/mol. The van der Waals surface area contributed by atoms with Crippen molar-refractivity contribution in [2.24, 2.45) is 5.41 Å². The van der Waals surface area contributed by atoms with Crippen molar-refractivity contribution in [3.8, 4) is 0 Å². The van der Waals surface area contributed by atoms with Crippen LogP contribution in [-0.2, 0) is 0 Å². The molecule has 0 atom stereocenters. The number of pyridine rings is 1. The zero-order valence-electron chi connectivity index (χ0n) is 14.4. The molecule has 0 saturated heterocycles. The zero-order chi connectivity index (χ0) is 16.1. The van der Waals surface area contributed by atoms with Gasteiger partial charge >= 0.3 is 0 Å². The topological polar surface area (TPSA) is 36.4 Å². The van der Waals surface area contributed by atoms with E-state index < -0.39 is 5.54 Å². The Morgan fingerprint density at radius 2 is 1.76 bits per heavy atom. The van der Waals surface area contributed by atoms with Gasteiger partial charge in [-0.3, -0.25) is 4.98 Å². The molecule has 0 bridgehead atoms. The lowest BCUT2D eigenvalue weighted by Gasteiger charge is -2.37. The summed E-state index contributed by atoms with van der Waals surface area (Å²) in [5.74, 6) is 0. The van der Waals surface area contributed by atoms with Crippen molar-refractivity contribution in [2.75, 3.05) is 0 Å². The predicted molar refractivity (Wildman–Crippen MR) is 87.0 cm³/mol. The van der Waals surface area contributed by atoms with Crippen LogP contribution < -0.4 is 0 Å². The molecule has 2 rings (SSSR count). The van der Waals surface area contributed by atoms with Crippen molar-refractivity contribution in [3.05, 3.63) is 35.7 Å². The van der Waals surface area contributed by atoms with Crippen molar-refractivity contribution in [2.45, 2.75) is 66.0 Å². The molecule has 0 amide bonds. The molecule has 116 valence electrons. The molecule has 3 heteroatoms. The second-order valence-corrected chi connectivity index (χ2v) is 8.26. The van der Waals surface area contributed by atoms with Crippen molar-refractivity contribution < 1.29 is 5.21 Å². The Hall–Kier alpha value is -1.19. The average molecular weight is 288 g/mol. The molecule has 0 radical (unpaired) electrons. The minimum atomic E-state index is -0.423. The molecule has 1 N–H and O–H groups in total. The molecule has 0 aromatic carbocycles. The van der Waals surface area contributed by atoms with Crippen LogP contribution in [0.2, 0.25) is 0 Å². The first-order chi connectivity index (χ1) is 9.48. The van der Waals surface area contributed by atoms with E-state index in [0.717, 1.165) is 12.0 Å². The lowest BCUT2D eigenvalue weighted by atomic mass is 9.78. The summed E-state index contributed by atoms with van der Waals surface area (Å²) in [6, 6.07) is 4.04. The average Bonchev–Trinajstić information content (AvgIpc) is 2.47. The van der Waals surface area contributed by atoms with Gasteiger partial charge in [0.15, 0.2) is 0 Å². The summed E-state index contributed by atoms with van der Waals surface area (Å²) in [7, 11) is 0. The third-order valence-corrected chi connectivity index (χ3v) is 4.37. The van der Waals surface area contributed by atoms with Gasteiger partial charge in [0.1, 0.15) is 0 Å². The molecule has 0 saturated carbocycles. The summed E-state index contributed by atoms with van der Waals surface area (Å²) in [4.78, 5) is 4.26. The second kappa shape index (κ2) is 4.92. The van der Waals surface area contributed by atoms with Gasteiger partial charge in [-0.2, -0.15) is 5.06 Å². The molecule has 0 fully saturated rings. The third-order valence-electron chi connectivity index (χ3n) is 4.37. The first-order valence-electron chi connectivity index (χ1n) is 7.61. The number of aromatic nitrogens is 1. The van der Waals surface area contributed by atoms with Gasteiger partial charge in [0, 0.05) is 12.4 Å². The van der Waals surface area contributed by atoms with Gasteiger partial charge in [-0.25, -0.2) is 0 Å². The fourth-order valence-electron chi connectivity index (χ4n) is 3.48. The van der Waals surface area contributed by atoms with Crippen molar-refractivity contribution in [1.29, 1.82) is 0 Å².